The Hall–Kier alpha value is -1.35. The molecule has 3 nitrogen and oxygen atoms in total. The van der Waals surface area contributed by atoms with E-state index in [-0.39, 0.29) is 11.3 Å². The largest absolute Gasteiger partial charge is 0.368 e. The molecule has 1 aromatic carbocycles. The van der Waals surface area contributed by atoms with Gasteiger partial charge in [-0.3, -0.25) is 9.69 Å². The van der Waals surface area contributed by atoms with Crippen molar-refractivity contribution in [3.63, 3.8) is 0 Å². The van der Waals surface area contributed by atoms with E-state index in [2.05, 4.69) is 36.8 Å². The van der Waals surface area contributed by atoms with Gasteiger partial charge >= 0.3 is 0 Å². The number of likely N-dealkylation sites (N-methyl/N-ethyl adjacent to an activating group) is 1. The fourth-order valence-electron chi connectivity index (χ4n) is 2.49. The third-order valence-electron chi connectivity index (χ3n) is 3.94. The van der Waals surface area contributed by atoms with Gasteiger partial charge in [0.25, 0.3) is 0 Å². The number of hydrogen-bond donors (Lipinski definition) is 0. The number of carbonyl (C=O) groups excluding carboxylic acids is 1. The van der Waals surface area contributed by atoms with Crippen molar-refractivity contribution in [2.75, 3.05) is 31.6 Å². The molecule has 1 aliphatic rings. The number of carbonyl (C=O) groups is 1. The standard InChI is InChI=1S/C15H22N2O/c1-12(18)13-7-5-6-8-14(13)17-10-9-16(4)15(2,3)11-17/h5-8H,9-11H2,1-4H3. The molecule has 1 aliphatic heterocycles. The number of hydrogen-bond acceptors (Lipinski definition) is 3. The second-order valence-corrected chi connectivity index (χ2v) is 5.73. The number of benzene rings is 1. The second kappa shape index (κ2) is 4.73. The number of nitrogens with zero attached hydrogens (tertiary/aromatic N) is 2. The van der Waals surface area contributed by atoms with Gasteiger partial charge < -0.3 is 4.90 Å². The zero-order chi connectivity index (χ0) is 13.3. The van der Waals surface area contributed by atoms with Crippen molar-refractivity contribution in [3.8, 4) is 0 Å². The predicted molar refractivity (Wildman–Crippen MR) is 75.4 cm³/mol. The van der Waals surface area contributed by atoms with E-state index in [1.807, 2.05) is 18.2 Å². The first-order chi connectivity index (χ1) is 8.42. The average Bonchev–Trinajstić information content (AvgIpc) is 2.32. The third kappa shape index (κ3) is 2.41. The summed E-state index contributed by atoms with van der Waals surface area (Å²) in [5.41, 5.74) is 2.05. The van der Waals surface area contributed by atoms with E-state index < -0.39 is 0 Å². The lowest BCUT2D eigenvalue weighted by Crippen LogP contribution is -2.57. The molecule has 0 N–H and O–H groups in total. The molecule has 1 fully saturated rings. The molecule has 0 unspecified atom stereocenters. The van der Waals surface area contributed by atoms with Gasteiger partial charge in [-0.25, -0.2) is 0 Å². The summed E-state index contributed by atoms with van der Waals surface area (Å²) in [6.45, 7) is 9.09. The molecule has 0 aliphatic carbocycles. The molecule has 0 spiro atoms. The Morgan fingerprint density at radius 1 is 1.22 bits per heavy atom. The maximum absolute atomic E-state index is 11.7. The van der Waals surface area contributed by atoms with Crippen LogP contribution in [0, 0.1) is 0 Å². The topological polar surface area (TPSA) is 23.6 Å². The lowest BCUT2D eigenvalue weighted by atomic mass is 9.98. The van der Waals surface area contributed by atoms with Gasteiger partial charge in [-0.2, -0.15) is 0 Å². The second-order valence-electron chi connectivity index (χ2n) is 5.73. The van der Waals surface area contributed by atoms with E-state index in [0.717, 1.165) is 30.9 Å². The highest BCUT2D eigenvalue weighted by atomic mass is 16.1. The molecule has 3 heteroatoms. The fourth-order valence-corrected chi connectivity index (χ4v) is 2.49. The molecule has 1 saturated heterocycles. The summed E-state index contributed by atoms with van der Waals surface area (Å²) >= 11 is 0. The highest BCUT2D eigenvalue weighted by Gasteiger charge is 2.31. The van der Waals surface area contributed by atoms with Gasteiger partial charge in [0.05, 0.1) is 0 Å². The zero-order valence-electron chi connectivity index (χ0n) is 11.7. The molecule has 0 aromatic heterocycles. The van der Waals surface area contributed by atoms with Crippen molar-refractivity contribution >= 4 is 11.5 Å². The Kier molecular flexibility index (Phi) is 3.44. The summed E-state index contributed by atoms with van der Waals surface area (Å²) in [7, 11) is 2.16. The van der Waals surface area contributed by atoms with Gasteiger partial charge in [0.15, 0.2) is 5.78 Å². The lowest BCUT2D eigenvalue weighted by molar-refractivity contribution is 0.101. The Balaban J connectivity index is 2.30. The van der Waals surface area contributed by atoms with E-state index in [1.54, 1.807) is 6.92 Å². The maximum Gasteiger partial charge on any atom is 0.161 e. The average molecular weight is 246 g/mol. The van der Waals surface area contributed by atoms with Crippen LogP contribution in [-0.4, -0.2) is 42.9 Å². The van der Waals surface area contributed by atoms with Crippen molar-refractivity contribution in [2.24, 2.45) is 0 Å². The molecule has 0 radical (unpaired) electrons. The van der Waals surface area contributed by atoms with Crippen molar-refractivity contribution in [1.82, 2.24) is 4.90 Å². The summed E-state index contributed by atoms with van der Waals surface area (Å²) in [6.07, 6.45) is 0. The molecule has 0 saturated carbocycles. The van der Waals surface area contributed by atoms with Crippen molar-refractivity contribution in [3.05, 3.63) is 29.8 Å². The first kappa shape index (κ1) is 13.1. The van der Waals surface area contributed by atoms with Crippen LogP contribution >= 0.6 is 0 Å². The SMILES string of the molecule is CC(=O)c1ccccc1N1CCN(C)C(C)(C)C1. The maximum atomic E-state index is 11.7. The van der Waals surface area contributed by atoms with Gasteiger partial charge in [-0.05, 0) is 40.0 Å². The highest BCUT2D eigenvalue weighted by Crippen LogP contribution is 2.27. The van der Waals surface area contributed by atoms with E-state index in [0.29, 0.717) is 0 Å². The number of piperazine rings is 1. The molecule has 0 atom stereocenters. The van der Waals surface area contributed by atoms with Crippen molar-refractivity contribution in [2.45, 2.75) is 26.3 Å². The van der Waals surface area contributed by atoms with Gasteiger partial charge in [0.2, 0.25) is 0 Å². The molecular weight excluding hydrogens is 224 g/mol. The number of anilines is 1. The van der Waals surface area contributed by atoms with Crippen LogP contribution in [0.3, 0.4) is 0 Å². The fraction of sp³-hybridized carbons (Fsp3) is 0.533. The highest BCUT2D eigenvalue weighted by molar-refractivity contribution is 5.99. The third-order valence-corrected chi connectivity index (χ3v) is 3.94. The summed E-state index contributed by atoms with van der Waals surface area (Å²) in [4.78, 5) is 16.4. The Labute approximate surface area is 109 Å². The Morgan fingerprint density at radius 3 is 2.50 bits per heavy atom. The van der Waals surface area contributed by atoms with Gasteiger partial charge in [-0.15, -0.1) is 0 Å². The molecule has 0 amide bonds. The Morgan fingerprint density at radius 2 is 1.89 bits per heavy atom. The molecule has 98 valence electrons. The molecule has 2 rings (SSSR count). The monoisotopic (exact) mass is 246 g/mol. The van der Waals surface area contributed by atoms with Crippen LogP contribution in [0.15, 0.2) is 24.3 Å². The Bertz CT molecular complexity index is 454. The summed E-state index contributed by atoms with van der Waals surface area (Å²) < 4.78 is 0. The minimum Gasteiger partial charge on any atom is -0.368 e. The van der Waals surface area contributed by atoms with Crippen LogP contribution in [0.4, 0.5) is 5.69 Å². The van der Waals surface area contributed by atoms with E-state index >= 15 is 0 Å². The smallest absolute Gasteiger partial charge is 0.161 e. The molecule has 0 bridgehead atoms. The van der Waals surface area contributed by atoms with Gasteiger partial charge in [0.1, 0.15) is 0 Å². The van der Waals surface area contributed by atoms with Gasteiger partial charge in [0, 0.05) is 36.4 Å². The first-order valence-corrected chi connectivity index (χ1v) is 6.48. The lowest BCUT2D eigenvalue weighted by Gasteiger charge is -2.46. The van der Waals surface area contributed by atoms with Crippen LogP contribution in [0.5, 0.6) is 0 Å². The summed E-state index contributed by atoms with van der Waals surface area (Å²) in [6, 6.07) is 7.91. The van der Waals surface area contributed by atoms with Crippen LogP contribution in [0.25, 0.3) is 0 Å². The van der Waals surface area contributed by atoms with E-state index in [9.17, 15) is 4.79 Å². The van der Waals surface area contributed by atoms with Gasteiger partial charge in [-0.1, -0.05) is 12.1 Å². The number of para-hydroxylation sites is 1. The van der Waals surface area contributed by atoms with Crippen molar-refractivity contribution < 1.29 is 4.79 Å². The summed E-state index contributed by atoms with van der Waals surface area (Å²) in [5.74, 6) is 0.141. The summed E-state index contributed by atoms with van der Waals surface area (Å²) in [5, 5.41) is 0. The van der Waals surface area contributed by atoms with Crippen molar-refractivity contribution in [1.29, 1.82) is 0 Å². The van der Waals surface area contributed by atoms with Crippen LogP contribution in [0.2, 0.25) is 0 Å². The first-order valence-electron chi connectivity index (χ1n) is 6.48. The normalized spacial score (nSPS) is 19.9. The molecule has 18 heavy (non-hydrogen) atoms. The predicted octanol–water partition coefficient (Wildman–Crippen LogP) is 2.42. The quantitative estimate of drug-likeness (QED) is 0.749. The minimum atomic E-state index is 0.141. The minimum absolute atomic E-state index is 0.141. The number of Topliss-reactive ketones (excluding diaryl/α,β-unsaturated/α-hetero) is 1. The van der Waals surface area contributed by atoms with Crippen LogP contribution in [-0.2, 0) is 0 Å². The molecular formula is C15H22N2O. The van der Waals surface area contributed by atoms with Crippen LogP contribution < -0.4 is 4.90 Å². The molecule has 1 heterocycles. The number of rotatable bonds is 2. The van der Waals surface area contributed by atoms with Crippen LogP contribution in [0.1, 0.15) is 31.1 Å². The number of ketones is 1. The van der Waals surface area contributed by atoms with E-state index in [1.165, 1.54) is 0 Å². The van der Waals surface area contributed by atoms with E-state index in [4.69, 9.17) is 0 Å². The molecule has 1 aromatic rings. The zero-order valence-corrected chi connectivity index (χ0v) is 11.7.